The first-order chi connectivity index (χ1) is 9.51. The van der Waals surface area contributed by atoms with Gasteiger partial charge in [-0.1, -0.05) is 42.4 Å². The zero-order valence-electron chi connectivity index (χ0n) is 12.0. The van der Waals surface area contributed by atoms with Gasteiger partial charge in [0.15, 0.2) is 6.10 Å². The first-order valence-electron chi connectivity index (χ1n) is 6.31. The molecule has 1 aromatic carbocycles. The van der Waals surface area contributed by atoms with E-state index in [0.717, 1.165) is 5.56 Å². The standard InChI is InChI=1S/C14H21N3O3/c1-10(13(15)16-19)9-17(2)14(18)12(20-3)11-7-5-4-6-8-11/h4-8,10,12,19H,9H2,1-3H3,(H2,15,16). The topological polar surface area (TPSA) is 88.2 Å². The van der Waals surface area contributed by atoms with Gasteiger partial charge >= 0.3 is 0 Å². The Morgan fingerprint density at radius 2 is 2.05 bits per heavy atom. The van der Waals surface area contributed by atoms with Crippen molar-refractivity contribution in [2.24, 2.45) is 16.8 Å². The first-order valence-corrected chi connectivity index (χ1v) is 6.31. The number of nitrogens with zero attached hydrogens (tertiary/aromatic N) is 2. The Labute approximate surface area is 118 Å². The minimum Gasteiger partial charge on any atom is -0.409 e. The zero-order chi connectivity index (χ0) is 15.1. The monoisotopic (exact) mass is 279 g/mol. The summed E-state index contributed by atoms with van der Waals surface area (Å²) in [6.45, 7) is 2.13. The molecular weight excluding hydrogens is 258 g/mol. The molecule has 0 aromatic heterocycles. The number of methoxy groups -OCH3 is 1. The Kier molecular flexibility index (Phi) is 5.99. The molecule has 0 heterocycles. The molecule has 1 aromatic rings. The summed E-state index contributed by atoms with van der Waals surface area (Å²) >= 11 is 0. The van der Waals surface area contributed by atoms with E-state index in [-0.39, 0.29) is 17.7 Å². The second-order valence-corrected chi connectivity index (χ2v) is 4.67. The van der Waals surface area contributed by atoms with Crippen LogP contribution in [0.3, 0.4) is 0 Å². The average Bonchev–Trinajstić information content (AvgIpc) is 2.47. The minimum atomic E-state index is -0.652. The van der Waals surface area contributed by atoms with Crippen molar-refractivity contribution in [3.05, 3.63) is 35.9 Å². The van der Waals surface area contributed by atoms with Crippen LogP contribution in [-0.2, 0) is 9.53 Å². The maximum atomic E-state index is 12.4. The van der Waals surface area contributed by atoms with Crippen LogP contribution in [0.15, 0.2) is 35.5 Å². The van der Waals surface area contributed by atoms with Crippen molar-refractivity contribution in [1.82, 2.24) is 4.90 Å². The van der Waals surface area contributed by atoms with E-state index < -0.39 is 6.10 Å². The van der Waals surface area contributed by atoms with E-state index in [1.165, 1.54) is 12.0 Å². The molecule has 2 unspecified atom stereocenters. The maximum absolute atomic E-state index is 12.4. The molecule has 0 fully saturated rings. The van der Waals surface area contributed by atoms with Gasteiger partial charge in [-0.3, -0.25) is 4.79 Å². The van der Waals surface area contributed by atoms with E-state index in [1.54, 1.807) is 14.0 Å². The van der Waals surface area contributed by atoms with Gasteiger partial charge in [-0.15, -0.1) is 0 Å². The number of hydrogen-bond donors (Lipinski definition) is 2. The van der Waals surface area contributed by atoms with Crippen LogP contribution in [0.1, 0.15) is 18.6 Å². The van der Waals surface area contributed by atoms with Gasteiger partial charge < -0.3 is 20.6 Å². The molecule has 6 heteroatoms. The fourth-order valence-corrected chi connectivity index (χ4v) is 1.90. The predicted octanol–water partition coefficient (Wildman–Crippen LogP) is 1.22. The normalized spacial score (nSPS) is 14.7. The molecule has 0 radical (unpaired) electrons. The third-order valence-electron chi connectivity index (χ3n) is 3.11. The molecule has 0 bridgehead atoms. The molecule has 6 nitrogen and oxygen atoms in total. The zero-order valence-corrected chi connectivity index (χ0v) is 12.0. The lowest BCUT2D eigenvalue weighted by molar-refractivity contribution is -0.141. The smallest absolute Gasteiger partial charge is 0.256 e. The number of benzene rings is 1. The summed E-state index contributed by atoms with van der Waals surface area (Å²) in [6.07, 6.45) is -0.652. The number of carbonyl (C=O) groups excluding carboxylic acids is 1. The molecule has 1 rings (SSSR count). The van der Waals surface area contributed by atoms with Crippen molar-refractivity contribution in [1.29, 1.82) is 0 Å². The van der Waals surface area contributed by atoms with E-state index in [2.05, 4.69) is 5.16 Å². The van der Waals surface area contributed by atoms with Gasteiger partial charge in [0.05, 0.1) is 0 Å². The molecule has 1 amide bonds. The Morgan fingerprint density at radius 1 is 1.45 bits per heavy atom. The number of nitrogens with two attached hydrogens (primary N) is 1. The molecule has 0 spiro atoms. The van der Waals surface area contributed by atoms with Crippen molar-refractivity contribution in [3.63, 3.8) is 0 Å². The fourth-order valence-electron chi connectivity index (χ4n) is 1.90. The molecule has 0 aliphatic heterocycles. The van der Waals surface area contributed by atoms with Crippen molar-refractivity contribution < 1.29 is 14.7 Å². The maximum Gasteiger partial charge on any atom is 0.256 e. The molecule has 20 heavy (non-hydrogen) atoms. The lowest BCUT2D eigenvalue weighted by Gasteiger charge is -2.25. The van der Waals surface area contributed by atoms with E-state index >= 15 is 0 Å². The number of amides is 1. The molecular formula is C14H21N3O3. The highest BCUT2D eigenvalue weighted by Crippen LogP contribution is 2.19. The highest BCUT2D eigenvalue weighted by molar-refractivity contribution is 5.85. The summed E-state index contributed by atoms with van der Waals surface area (Å²) in [5, 5.41) is 11.6. The quantitative estimate of drug-likeness (QED) is 0.354. The number of hydrogen-bond acceptors (Lipinski definition) is 4. The van der Waals surface area contributed by atoms with Crippen molar-refractivity contribution in [3.8, 4) is 0 Å². The average molecular weight is 279 g/mol. The number of amidine groups is 1. The van der Waals surface area contributed by atoms with Gasteiger partial charge in [0.2, 0.25) is 0 Å². The second-order valence-electron chi connectivity index (χ2n) is 4.67. The van der Waals surface area contributed by atoms with Crippen LogP contribution in [0.25, 0.3) is 0 Å². The number of likely N-dealkylation sites (N-methyl/N-ethyl adjacent to an activating group) is 1. The summed E-state index contributed by atoms with van der Waals surface area (Å²) in [4.78, 5) is 13.9. The van der Waals surface area contributed by atoms with E-state index in [1.807, 2.05) is 30.3 Å². The van der Waals surface area contributed by atoms with Crippen molar-refractivity contribution in [2.45, 2.75) is 13.0 Å². The van der Waals surface area contributed by atoms with Gasteiger partial charge in [0, 0.05) is 26.6 Å². The number of rotatable bonds is 6. The van der Waals surface area contributed by atoms with Crippen LogP contribution < -0.4 is 5.73 Å². The fraction of sp³-hybridized carbons (Fsp3) is 0.429. The van der Waals surface area contributed by atoms with Crippen LogP contribution in [0.5, 0.6) is 0 Å². The summed E-state index contributed by atoms with van der Waals surface area (Å²) in [6, 6.07) is 9.27. The van der Waals surface area contributed by atoms with E-state index in [0.29, 0.717) is 6.54 Å². The van der Waals surface area contributed by atoms with Crippen molar-refractivity contribution >= 4 is 11.7 Å². The molecule has 2 atom stereocenters. The van der Waals surface area contributed by atoms with Crippen LogP contribution in [0.4, 0.5) is 0 Å². The summed E-state index contributed by atoms with van der Waals surface area (Å²) in [7, 11) is 3.16. The van der Waals surface area contributed by atoms with Gasteiger partial charge in [-0.2, -0.15) is 0 Å². The third-order valence-corrected chi connectivity index (χ3v) is 3.11. The summed E-state index contributed by atoms with van der Waals surface area (Å²) in [5.41, 5.74) is 6.31. The third kappa shape index (κ3) is 3.96. The largest absolute Gasteiger partial charge is 0.409 e. The minimum absolute atomic E-state index is 0.0957. The molecule has 110 valence electrons. The van der Waals surface area contributed by atoms with Gasteiger partial charge in [0.25, 0.3) is 5.91 Å². The lowest BCUT2D eigenvalue weighted by atomic mass is 10.1. The SMILES string of the molecule is COC(C(=O)N(C)CC(C)C(N)=NO)c1ccccc1. The molecule has 0 saturated carbocycles. The Hall–Kier alpha value is -2.08. The van der Waals surface area contributed by atoms with E-state index in [4.69, 9.17) is 15.7 Å². The van der Waals surface area contributed by atoms with E-state index in [9.17, 15) is 4.79 Å². The second kappa shape index (κ2) is 7.49. The van der Waals surface area contributed by atoms with Gasteiger partial charge in [-0.05, 0) is 5.56 Å². The van der Waals surface area contributed by atoms with Crippen molar-refractivity contribution in [2.75, 3.05) is 20.7 Å². The molecule has 0 aliphatic rings. The summed E-state index contributed by atoms with van der Waals surface area (Å²) in [5.74, 6) is -0.308. The first kappa shape index (κ1) is 16.0. The number of carbonyl (C=O) groups is 1. The number of ether oxygens (including phenoxy) is 1. The molecule has 0 aliphatic carbocycles. The Morgan fingerprint density at radius 3 is 2.55 bits per heavy atom. The van der Waals surface area contributed by atoms with Crippen LogP contribution in [0, 0.1) is 5.92 Å². The predicted molar refractivity (Wildman–Crippen MR) is 76.4 cm³/mol. The van der Waals surface area contributed by atoms with Crippen LogP contribution in [-0.4, -0.2) is 42.6 Å². The number of oxime groups is 1. The van der Waals surface area contributed by atoms with Crippen LogP contribution >= 0.6 is 0 Å². The lowest BCUT2D eigenvalue weighted by Crippen LogP contribution is -2.39. The summed E-state index contributed by atoms with van der Waals surface area (Å²) < 4.78 is 5.29. The van der Waals surface area contributed by atoms with Gasteiger partial charge in [-0.25, -0.2) is 0 Å². The molecule has 0 saturated heterocycles. The highest BCUT2D eigenvalue weighted by atomic mass is 16.5. The highest BCUT2D eigenvalue weighted by Gasteiger charge is 2.25. The van der Waals surface area contributed by atoms with Gasteiger partial charge in [0.1, 0.15) is 5.84 Å². The molecule has 3 N–H and O–H groups in total. The Balaban J connectivity index is 2.77. The van der Waals surface area contributed by atoms with Crippen LogP contribution in [0.2, 0.25) is 0 Å². The Bertz CT molecular complexity index is 462.